The summed E-state index contributed by atoms with van der Waals surface area (Å²) in [6, 6.07) is 13.4. The highest BCUT2D eigenvalue weighted by Gasteiger charge is 2.07. The van der Waals surface area contributed by atoms with Crippen molar-refractivity contribution in [2.24, 2.45) is 5.73 Å². The molecule has 8 heteroatoms. The van der Waals surface area contributed by atoms with E-state index in [0.29, 0.717) is 18.9 Å². The van der Waals surface area contributed by atoms with Gasteiger partial charge in [0.2, 0.25) is 5.91 Å². The number of rotatable bonds is 7. The van der Waals surface area contributed by atoms with Crippen molar-refractivity contribution in [3.05, 3.63) is 65.5 Å². The summed E-state index contributed by atoms with van der Waals surface area (Å²) >= 11 is 0. The lowest BCUT2D eigenvalue weighted by Gasteiger charge is -2.11. The largest absolute Gasteiger partial charge is 0.489 e. The molecule has 0 unspecified atom stereocenters. The van der Waals surface area contributed by atoms with E-state index in [1.165, 1.54) is 12.1 Å². The minimum atomic E-state index is -2.67. The lowest BCUT2D eigenvalue weighted by molar-refractivity contribution is -0.119. The topological polar surface area (TPSA) is 98.5 Å². The number of hydrogen-bond acceptors (Lipinski definition) is 5. The van der Waals surface area contributed by atoms with Crippen molar-refractivity contribution in [2.45, 2.75) is 26.1 Å². The minimum absolute atomic E-state index is 0.272. The van der Waals surface area contributed by atoms with Crippen molar-refractivity contribution in [1.29, 1.82) is 0 Å². The maximum Gasteiger partial charge on any atom is 0.234 e. The zero-order valence-corrected chi connectivity index (χ0v) is 16.4. The number of ether oxygens (including phenoxy) is 1. The molecule has 6 nitrogen and oxygen atoms in total. The van der Waals surface area contributed by atoms with Crippen LogP contribution in [-0.2, 0) is 27.8 Å². The number of carbonyl (C=O) groups is 1. The number of carbonyl (C=O) groups excluding carboxylic acids is 1. The first-order valence-corrected chi connectivity index (χ1v) is 10.5. The maximum atomic E-state index is 13.1. The maximum absolute atomic E-state index is 13.1. The molecule has 0 aromatic heterocycles. The third-order valence-corrected chi connectivity index (χ3v) is 3.26. The van der Waals surface area contributed by atoms with Crippen LogP contribution in [-0.4, -0.2) is 32.9 Å². The Balaban J connectivity index is 0.000000646. The van der Waals surface area contributed by atoms with Crippen LogP contribution >= 0.6 is 0 Å². The van der Waals surface area contributed by atoms with E-state index in [1.807, 2.05) is 30.3 Å². The Morgan fingerprint density at radius 2 is 1.74 bits per heavy atom. The Kier molecular flexibility index (Phi) is 8.90. The molecule has 148 valence electrons. The van der Waals surface area contributed by atoms with Crippen molar-refractivity contribution in [3.8, 4) is 5.75 Å². The molecule has 0 heterocycles. The average molecular weight is 396 g/mol. The zero-order valence-electron chi connectivity index (χ0n) is 15.6. The number of primary amides is 1. The molecule has 0 fully saturated rings. The van der Waals surface area contributed by atoms with Gasteiger partial charge in [0.05, 0.1) is 6.04 Å². The van der Waals surface area contributed by atoms with Crippen LogP contribution in [0.4, 0.5) is 4.39 Å². The van der Waals surface area contributed by atoms with E-state index in [0.717, 1.165) is 23.6 Å². The normalized spacial score (nSPS) is 11.9. The van der Waals surface area contributed by atoms with Gasteiger partial charge in [-0.3, -0.25) is 4.79 Å². The summed E-state index contributed by atoms with van der Waals surface area (Å²) < 4.78 is 37.9. The monoisotopic (exact) mass is 396 g/mol. The molecule has 2 aromatic rings. The molecule has 1 atom stereocenters. The molecule has 0 aliphatic heterocycles. The second-order valence-electron chi connectivity index (χ2n) is 6.21. The fourth-order valence-electron chi connectivity index (χ4n) is 1.87. The number of hydrogen-bond donors (Lipinski definition) is 2. The van der Waals surface area contributed by atoms with Gasteiger partial charge in [-0.2, -0.15) is 0 Å². The third-order valence-electron chi connectivity index (χ3n) is 3.26. The number of halogens is 1. The van der Waals surface area contributed by atoms with E-state index in [2.05, 4.69) is 5.32 Å². The fraction of sp³-hybridized carbons (Fsp3) is 0.316. The average Bonchev–Trinajstić information content (AvgIpc) is 2.57. The lowest BCUT2D eigenvalue weighted by atomic mass is 10.2. The lowest BCUT2D eigenvalue weighted by Crippen LogP contribution is -2.38. The van der Waals surface area contributed by atoms with Crippen molar-refractivity contribution < 1.29 is 22.3 Å². The van der Waals surface area contributed by atoms with Gasteiger partial charge in [0.25, 0.3) is 0 Å². The van der Waals surface area contributed by atoms with Crippen LogP contribution < -0.4 is 15.8 Å². The summed E-state index contributed by atoms with van der Waals surface area (Å²) in [5, 5.41) is 3.02. The van der Waals surface area contributed by atoms with Gasteiger partial charge < -0.3 is 15.8 Å². The predicted octanol–water partition coefficient (Wildman–Crippen LogP) is 2.03. The highest BCUT2D eigenvalue weighted by Crippen LogP contribution is 2.14. The quantitative estimate of drug-likeness (QED) is 0.746. The van der Waals surface area contributed by atoms with Crippen molar-refractivity contribution in [1.82, 2.24) is 5.32 Å². The molecule has 2 rings (SSSR count). The second-order valence-corrected chi connectivity index (χ2v) is 8.50. The molecule has 0 spiro atoms. The van der Waals surface area contributed by atoms with Crippen LogP contribution in [0.25, 0.3) is 0 Å². The van der Waals surface area contributed by atoms with Gasteiger partial charge in [-0.05, 0) is 42.3 Å². The van der Waals surface area contributed by atoms with Crippen LogP contribution in [0.5, 0.6) is 5.75 Å². The van der Waals surface area contributed by atoms with E-state index < -0.39 is 9.84 Å². The molecule has 0 aliphatic carbocycles. The molecule has 27 heavy (non-hydrogen) atoms. The van der Waals surface area contributed by atoms with Gasteiger partial charge in [0, 0.05) is 19.1 Å². The Labute approximate surface area is 159 Å². The summed E-state index contributed by atoms with van der Waals surface area (Å²) in [5.74, 6) is 0.0529. The Hall–Kier alpha value is -2.45. The standard InChI is InChI=1S/C17H19FN2O2.C2H6O2S/c1-12(17(19)21)20-10-13-5-7-16(8-6-13)22-11-14-3-2-4-15(18)9-14;1-5(2,3)4/h2-9,12,20H,10-11H2,1H3,(H2,19,21);1-2H3/t12-;/m0./s1. The van der Waals surface area contributed by atoms with E-state index in [-0.39, 0.29) is 17.8 Å². The van der Waals surface area contributed by atoms with Crippen molar-refractivity contribution in [3.63, 3.8) is 0 Å². The number of amides is 1. The summed E-state index contributed by atoms with van der Waals surface area (Å²) in [6.45, 7) is 2.58. The molecule has 0 aliphatic rings. The fourth-order valence-corrected chi connectivity index (χ4v) is 1.87. The zero-order chi connectivity index (χ0) is 20.4. The number of nitrogens with two attached hydrogens (primary N) is 1. The van der Waals surface area contributed by atoms with Gasteiger partial charge in [-0.1, -0.05) is 24.3 Å². The molecule has 0 bridgehead atoms. The van der Waals surface area contributed by atoms with Crippen molar-refractivity contribution in [2.75, 3.05) is 12.5 Å². The van der Waals surface area contributed by atoms with Crippen LogP contribution in [0.15, 0.2) is 48.5 Å². The van der Waals surface area contributed by atoms with Gasteiger partial charge in [0.1, 0.15) is 28.0 Å². The SMILES string of the molecule is CS(C)(=O)=O.C[C@H](NCc1ccc(OCc2cccc(F)c2)cc1)C(N)=O. The number of nitrogens with one attached hydrogen (secondary N) is 1. The van der Waals surface area contributed by atoms with Crippen LogP contribution in [0.2, 0.25) is 0 Å². The molecular weight excluding hydrogens is 371 g/mol. The third kappa shape index (κ3) is 11.0. The highest BCUT2D eigenvalue weighted by molar-refractivity contribution is 7.89. The first-order valence-electron chi connectivity index (χ1n) is 8.18. The van der Waals surface area contributed by atoms with E-state index in [9.17, 15) is 17.6 Å². The summed E-state index contributed by atoms with van der Waals surface area (Å²) in [5.41, 5.74) is 6.98. The second kappa shape index (κ2) is 10.6. The molecule has 3 N–H and O–H groups in total. The van der Waals surface area contributed by atoms with Crippen LogP contribution in [0, 0.1) is 5.82 Å². The van der Waals surface area contributed by atoms with Crippen LogP contribution in [0.3, 0.4) is 0 Å². The highest BCUT2D eigenvalue weighted by atomic mass is 32.2. The Morgan fingerprint density at radius 3 is 2.26 bits per heavy atom. The number of benzene rings is 2. The molecule has 0 saturated heterocycles. The first kappa shape index (κ1) is 22.6. The van der Waals surface area contributed by atoms with Gasteiger partial charge in [-0.25, -0.2) is 12.8 Å². The predicted molar refractivity (Wildman–Crippen MR) is 103 cm³/mol. The molecule has 2 aromatic carbocycles. The first-order chi connectivity index (χ1) is 12.5. The molecule has 0 saturated carbocycles. The van der Waals surface area contributed by atoms with Crippen molar-refractivity contribution >= 4 is 15.7 Å². The Morgan fingerprint density at radius 1 is 1.15 bits per heavy atom. The number of sulfone groups is 1. The molecule has 1 amide bonds. The summed E-state index contributed by atoms with van der Waals surface area (Å²) in [6.07, 6.45) is 2.32. The van der Waals surface area contributed by atoms with E-state index >= 15 is 0 Å². The summed E-state index contributed by atoms with van der Waals surface area (Å²) in [7, 11) is -2.67. The van der Waals surface area contributed by atoms with Gasteiger partial charge in [-0.15, -0.1) is 0 Å². The Bertz CT molecular complexity index is 831. The minimum Gasteiger partial charge on any atom is -0.489 e. The smallest absolute Gasteiger partial charge is 0.234 e. The van der Waals surface area contributed by atoms with Crippen LogP contribution in [0.1, 0.15) is 18.1 Å². The molecular formula is C19H25FN2O4S. The summed E-state index contributed by atoms with van der Waals surface area (Å²) in [4.78, 5) is 10.9. The van der Waals surface area contributed by atoms with E-state index in [1.54, 1.807) is 13.0 Å². The molecule has 0 radical (unpaired) electrons. The van der Waals surface area contributed by atoms with E-state index in [4.69, 9.17) is 10.5 Å². The van der Waals surface area contributed by atoms with Gasteiger partial charge >= 0.3 is 0 Å². The van der Waals surface area contributed by atoms with Gasteiger partial charge in [0.15, 0.2) is 0 Å².